The Kier molecular flexibility index (Phi) is 8.22. The van der Waals surface area contributed by atoms with E-state index in [1.165, 1.54) is 7.11 Å². The van der Waals surface area contributed by atoms with Crippen molar-refractivity contribution in [2.45, 2.75) is 13.5 Å². The van der Waals surface area contributed by atoms with E-state index in [1.807, 2.05) is 19.1 Å². The second kappa shape index (κ2) is 10.9. The number of ether oxygens (including phenoxy) is 3. The van der Waals surface area contributed by atoms with Crippen LogP contribution in [0.25, 0.3) is 6.08 Å². The molecule has 0 aliphatic carbocycles. The predicted octanol–water partition coefficient (Wildman–Crippen LogP) is 5.29. The van der Waals surface area contributed by atoms with E-state index in [-0.39, 0.29) is 4.91 Å². The van der Waals surface area contributed by atoms with E-state index in [0.717, 1.165) is 22.2 Å². The molecule has 0 saturated carbocycles. The Morgan fingerprint density at radius 3 is 2.56 bits per heavy atom. The molecule has 0 N–H and O–H groups in total. The minimum absolute atomic E-state index is 0.197. The minimum Gasteiger partial charge on any atom is -0.490 e. The first kappa shape index (κ1) is 24.2. The fourth-order valence-electron chi connectivity index (χ4n) is 2.79. The highest BCUT2D eigenvalue weighted by Gasteiger charge is 2.36. The standard InChI is InChI=1S/C22H19BrClNO6S/c1-3-30-17-9-14(10-18-21(27)25(22(28)32-18)11-19(26)29-2)8-16(23)20(17)31-12-13-4-6-15(24)7-5-13/h4-10H,3,11-12H2,1-2H3/b18-10-. The topological polar surface area (TPSA) is 82.1 Å². The first-order chi connectivity index (χ1) is 15.3. The summed E-state index contributed by atoms with van der Waals surface area (Å²) in [7, 11) is 1.20. The number of methoxy groups -OCH3 is 1. The van der Waals surface area contributed by atoms with Gasteiger partial charge in [-0.25, -0.2) is 0 Å². The van der Waals surface area contributed by atoms with Crippen molar-refractivity contribution in [2.24, 2.45) is 0 Å². The van der Waals surface area contributed by atoms with Gasteiger partial charge in [0.2, 0.25) is 0 Å². The van der Waals surface area contributed by atoms with E-state index in [4.69, 9.17) is 21.1 Å². The molecule has 1 fully saturated rings. The van der Waals surface area contributed by atoms with E-state index in [0.29, 0.717) is 39.8 Å². The third-order valence-electron chi connectivity index (χ3n) is 4.31. The fourth-order valence-corrected chi connectivity index (χ4v) is 4.33. The smallest absolute Gasteiger partial charge is 0.325 e. The van der Waals surface area contributed by atoms with Crippen LogP contribution in [-0.4, -0.2) is 42.3 Å². The van der Waals surface area contributed by atoms with Crippen LogP contribution in [0.4, 0.5) is 4.79 Å². The van der Waals surface area contributed by atoms with Gasteiger partial charge in [0.25, 0.3) is 11.1 Å². The molecule has 7 nitrogen and oxygen atoms in total. The zero-order valence-corrected chi connectivity index (χ0v) is 20.4. The van der Waals surface area contributed by atoms with Crippen LogP contribution in [0, 0.1) is 0 Å². The molecule has 0 radical (unpaired) electrons. The molecule has 168 valence electrons. The number of imide groups is 1. The molecule has 0 atom stereocenters. The monoisotopic (exact) mass is 539 g/mol. The Balaban J connectivity index is 1.83. The lowest BCUT2D eigenvalue weighted by Crippen LogP contribution is -2.34. The van der Waals surface area contributed by atoms with E-state index < -0.39 is 23.7 Å². The van der Waals surface area contributed by atoms with Crippen molar-refractivity contribution in [3.63, 3.8) is 0 Å². The summed E-state index contributed by atoms with van der Waals surface area (Å²) < 4.78 is 16.9. The molecule has 0 bridgehead atoms. The predicted molar refractivity (Wildman–Crippen MR) is 126 cm³/mol. The number of carbonyl (C=O) groups excluding carboxylic acids is 3. The molecule has 0 spiro atoms. The SMILES string of the molecule is CCOc1cc(/C=C2\SC(=O)N(CC(=O)OC)C2=O)cc(Br)c1OCc1ccc(Cl)cc1. The summed E-state index contributed by atoms with van der Waals surface area (Å²) in [5.74, 6) is -0.228. The van der Waals surface area contributed by atoms with Crippen molar-refractivity contribution in [3.8, 4) is 11.5 Å². The third-order valence-corrected chi connectivity index (χ3v) is 6.06. The lowest BCUT2D eigenvalue weighted by atomic mass is 10.1. The number of amides is 2. The van der Waals surface area contributed by atoms with Crippen molar-refractivity contribution in [3.05, 3.63) is 61.9 Å². The second-order valence-corrected chi connectivity index (χ2v) is 8.81. The number of halogens is 2. The Morgan fingerprint density at radius 1 is 1.19 bits per heavy atom. The Bertz CT molecular complexity index is 1070. The first-order valence-electron chi connectivity index (χ1n) is 9.48. The van der Waals surface area contributed by atoms with E-state index in [2.05, 4.69) is 20.7 Å². The van der Waals surface area contributed by atoms with Crippen molar-refractivity contribution in [1.82, 2.24) is 4.90 Å². The highest BCUT2D eigenvalue weighted by Crippen LogP contribution is 2.39. The average molecular weight is 541 g/mol. The van der Waals surface area contributed by atoms with Crippen LogP contribution in [0.5, 0.6) is 11.5 Å². The Labute approximate surface area is 202 Å². The summed E-state index contributed by atoms with van der Waals surface area (Å²) in [6.07, 6.45) is 1.57. The summed E-state index contributed by atoms with van der Waals surface area (Å²) in [5, 5.41) is 0.115. The number of nitrogens with zero attached hydrogens (tertiary/aromatic N) is 1. The minimum atomic E-state index is -0.669. The summed E-state index contributed by atoms with van der Waals surface area (Å²) >= 11 is 10.2. The molecule has 1 aliphatic rings. The van der Waals surface area contributed by atoms with Crippen LogP contribution in [-0.2, 0) is 20.9 Å². The quantitative estimate of drug-likeness (QED) is 0.332. The van der Waals surface area contributed by atoms with Gasteiger partial charge in [0, 0.05) is 5.02 Å². The first-order valence-corrected chi connectivity index (χ1v) is 11.5. The molecule has 0 aromatic heterocycles. The summed E-state index contributed by atoms with van der Waals surface area (Å²) in [4.78, 5) is 37.2. The van der Waals surface area contributed by atoms with Crippen LogP contribution in [0.1, 0.15) is 18.1 Å². The fraction of sp³-hybridized carbons (Fsp3) is 0.227. The second-order valence-electron chi connectivity index (χ2n) is 6.52. The maximum absolute atomic E-state index is 12.5. The molecular weight excluding hydrogens is 522 g/mol. The van der Waals surface area contributed by atoms with E-state index >= 15 is 0 Å². The molecule has 1 aliphatic heterocycles. The van der Waals surface area contributed by atoms with Gasteiger partial charge in [-0.05, 0) is 76.1 Å². The number of hydrogen-bond donors (Lipinski definition) is 0. The Hall–Kier alpha value is -2.49. The number of rotatable bonds is 8. The molecule has 2 aromatic carbocycles. The van der Waals surface area contributed by atoms with Gasteiger partial charge >= 0.3 is 5.97 Å². The van der Waals surface area contributed by atoms with Crippen molar-refractivity contribution >= 4 is 62.5 Å². The van der Waals surface area contributed by atoms with Gasteiger partial charge in [0.05, 0.1) is 23.1 Å². The lowest BCUT2D eigenvalue weighted by molar-refractivity contribution is -0.143. The third kappa shape index (κ3) is 5.85. The number of carbonyl (C=O) groups is 3. The molecule has 0 unspecified atom stereocenters. The van der Waals surface area contributed by atoms with Crippen LogP contribution in [0.3, 0.4) is 0 Å². The van der Waals surface area contributed by atoms with Gasteiger partial charge in [-0.1, -0.05) is 23.7 Å². The molecule has 2 aromatic rings. The number of benzene rings is 2. The van der Waals surface area contributed by atoms with Crippen LogP contribution >= 0.6 is 39.3 Å². The van der Waals surface area contributed by atoms with Crippen molar-refractivity contribution in [1.29, 1.82) is 0 Å². The maximum Gasteiger partial charge on any atom is 0.325 e. The highest BCUT2D eigenvalue weighted by molar-refractivity contribution is 9.10. The molecule has 1 saturated heterocycles. The zero-order valence-electron chi connectivity index (χ0n) is 17.2. The van der Waals surface area contributed by atoms with Crippen LogP contribution in [0.15, 0.2) is 45.8 Å². The van der Waals surface area contributed by atoms with Gasteiger partial charge in [-0.3, -0.25) is 19.3 Å². The van der Waals surface area contributed by atoms with Crippen molar-refractivity contribution in [2.75, 3.05) is 20.3 Å². The van der Waals surface area contributed by atoms with Crippen LogP contribution in [0.2, 0.25) is 5.02 Å². The maximum atomic E-state index is 12.5. The van der Waals surface area contributed by atoms with Gasteiger partial charge in [0.1, 0.15) is 13.2 Å². The van der Waals surface area contributed by atoms with Gasteiger partial charge in [0.15, 0.2) is 11.5 Å². The molecule has 10 heteroatoms. The summed E-state index contributed by atoms with van der Waals surface area (Å²) in [6.45, 7) is 2.13. The summed E-state index contributed by atoms with van der Waals surface area (Å²) in [5.41, 5.74) is 1.56. The normalized spacial score (nSPS) is 14.8. The number of esters is 1. The van der Waals surface area contributed by atoms with Gasteiger partial charge in [-0.15, -0.1) is 0 Å². The molecule has 1 heterocycles. The van der Waals surface area contributed by atoms with E-state index in [1.54, 1.807) is 30.3 Å². The number of thioether (sulfide) groups is 1. The highest BCUT2D eigenvalue weighted by atomic mass is 79.9. The van der Waals surface area contributed by atoms with Crippen molar-refractivity contribution < 1.29 is 28.6 Å². The molecular formula is C22H19BrClNO6S. The average Bonchev–Trinajstić information content (AvgIpc) is 3.01. The Morgan fingerprint density at radius 2 is 1.91 bits per heavy atom. The molecule has 3 rings (SSSR count). The number of hydrogen-bond acceptors (Lipinski definition) is 7. The van der Waals surface area contributed by atoms with E-state index in [9.17, 15) is 14.4 Å². The largest absolute Gasteiger partial charge is 0.490 e. The molecule has 2 amide bonds. The van der Waals surface area contributed by atoms with Crippen LogP contribution < -0.4 is 9.47 Å². The zero-order chi connectivity index (χ0) is 23.3. The molecule has 32 heavy (non-hydrogen) atoms. The summed E-state index contributed by atoms with van der Waals surface area (Å²) in [6, 6.07) is 10.8. The lowest BCUT2D eigenvalue weighted by Gasteiger charge is -2.15. The van der Waals surface area contributed by atoms with Gasteiger partial charge < -0.3 is 14.2 Å². The van der Waals surface area contributed by atoms with Gasteiger partial charge in [-0.2, -0.15) is 0 Å².